The molecule has 0 aliphatic carbocycles. The highest BCUT2D eigenvalue weighted by atomic mass is 16.5. The first-order valence-corrected chi connectivity index (χ1v) is 10.5. The number of aryl methyl sites for hydroxylation is 1. The van der Waals surface area contributed by atoms with E-state index in [4.69, 9.17) is 19.2 Å². The quantitative estimate of drug-likeness (QED) is 0.344. The van der Waals surface area contributed by atoms with Crippen LogP contribution < -0.4 is 15.4 Å². The van der Waals surface area contributed by atoms with Crippen LogP contribution in [-0.2, 0) is 16.0 Å². The Morgan fingerprint density at radius 2 is 2.18 bits per heavy atom. The van der Waals surface area contributed by atoms with Crippen LogP contribution in [-0.4, -0.2) is 51.6 Å². The summed E-state index contributed by atoms with van der Waals surface area (Å²) in [6.45, 7) is 13.6. The molecule has 158 valence electrons. The van der Waals surface area contributed by atoms with Crippen LogP contribution >= 0.6 is 0 Å². The molecule has 28 heavy (non-hydrogen) atoms. The molecule has 2 N–H and O–H groups in total. The molecule has 6 nitrogen and oxygen atoms in total. The summed E-state index contributed by atoms with van der Waals surface area (Å²) in [6, 6.07) is 6.32. The first kappa shape index (κ1) is 22.5. The molecular weight excluding hydrogens is 354 g/mol. The van der Waals surface area contributed by atoms with Gasteiger partial charge in [0.15, 0.2) is 5.96 Å². The average molecular weight is 392 g/mol. The Labute approximate surface area is 170 Å². The zero-order valence-electron chi connectivity index (χ0n) is 17.9. The lowest BCUT2D eigenvalue weighted by Gasteiger charge is -2.15. The maximum Gasteiger partial charge on any atom is 0.191 e. The molecule has 0 spiro atoms. The van der Waals surface area contributed by atoms with E-state index in [0.29, 0.717) is 19.1 Å². The van der Waals surface area contributed by atoms with Crippen molar-refractivity contribution >= 4 is 5.96 Å². The van der Waals surface area contributed by atoms with Gasteiger partial charge in [-0.25, -0.2) is 4.99 Å². The van der Waals surface area contributed by atoms with Crippen LogP contribution in [0, 0.1) is 12.8 Å². The summed E-state index contributed by atoms with van der Waals surface area (Å²) in [5, 5.41) is 6.67. The topological polar surface area (TPSA) is 64.1 Å². The minimum Gasteiger partial charge on any atom is -0.493 e. The minimum atomic E-state index is 0.276. The van der Waals surface area contributed by atoms with Gasteiger partial charge in [0.05, 0.1) is 25.9 Å². The lowest BCUT2D eigenvalue weighted by molar-refractivity contribution is 0.0776. The van der Waals surface area contributed by atoms with Gasteiger partial charge in [-0.1, -0.05) is 12.1 Å². The van der Waals surface area contributed by atoms with Crippen molar-refractivity contribution in [1.82, 2.24) is 10.6 Å². The second-order valence-electron chi connectivity index (χ2n) is 7.55. The molecule has 0 bridgehead atoms. The van der Waals surface area contributed by atoms with E-state index in [9.17, 15) is 0 Å². The fourth-order valence-electron chi connectivity index (χ4n) is 2.95. The van der Waals surface area contributed by atoms with Crippen molar-refractivity contribution in [3.8, 4) is 5.75 Å². The van der Waals surface area contributed by atoms with Gasteiger partial charge in [0.25, 0.3) is 0 Å². The van der Waals surface area contributed by atoms with Gasteiger partial charge in [-0.3, -0.25) is 0 Å². The molecule has 1 aromatic carbocycles. The molecule has 0 saturated carbocycles. The van der Waals surface area contributed by atoms with Gasteiger partial charge >= 0.3 is 0 Å². The highest BCUT2D eigenvalue weighted by molar-refractivity contribution is 5.79. The molecule has 0 radical (unpaired) electrons. The Balaban J connectivity index is 1.90. The van der Waals surface area contributed by atoms with E-state index < -0.39 is 0 Å². The van der Waals surface area contributed by atoms with Crippen molar-refractivity contribution < 1.29 is 14.2 Å². The molecule has 1 heterocycles. The van der Waals surface area contributed by atoms with Crippen LogP contribution in [0.2, 0.25) is 0 Å². The molecule has 1 atom stereocenters. The molecule has 2 rings (SSSR count). The first-order valence-electron chi connectivity index (χ1n) is 10.5. The smallest absolute Gasteiger partial charge is 0.191 e. The van der Waals surface area contributed by atoms with E-state index in [-0.39, 0.29) is 6.10 Å². The maximum absolute atomic E-state index is 6.12. The zero-order valence-corrected chi connectivity index (χ0v) is 17.9. The lowest BCUT2D eigenvalue weighted by atomic mass is 10.1. The van der Waals surface area contributed by atoms with Crippen molar-refractivity contribution in [2.75, 3.05) is 39.5 Å². The zero-order chi connectivity index (χ0) is 20.2. The summed E-state index contributed by atoms with van der Waals surface area (Å²) in [6.07, 6.45) is 2.30. The fraction of sp³-hybridized carbons (Fsp3) is 0.682. The Kier molecular flexibility index (Phi) is 10.1. The predicted octanol–water partition coefficient (Wildman–Crippen LogP) is 3.28. The van der Waals surface area contributed by atoms with Crippen LogP contribution in [0.4, 0.5) is 0 Å². The van der Waals surface area contributed by atoms with Crippen molar-refractivity contribution in [3.63, 3.8) is 0 Å². The van der Waals surface area contributed by atoms with Crippen LogP contribution in [0.5, 0.6) is 5.75 Å². The first-order chi connectivity index (χ1) is 13.6. The molecule has 0 amide bonds. The Morgan fingerprint density at radius 3 is 2.89 bits per heavy atom. The number of guanidine groups is 1. The third-order valence-corrected chi connectivity index (χ3v) is 4.54. The Morgan fingerprint density at radius 1 is 1.32 bits per heavy atom. The second kappa shape index (κ2) is 12.6. The van der Waals surface area contributed by atoms with Gasteiger partial charge in [0.1, 0.15) is 5.75 Å². The average Bonchev–Trinajstić information content (AvgIpc) is 3.18. The molecule has 1 unspecified atom stereocenters. The number of nitrogens with zero attached hydrogens (tertiary/aromatic N) is 1. The van der Waals surface area contributed by atoms with E-state index in [1.54, 1.807) is 0 Å². The van der Waals surface area contributed by atoms with Crippen molar-refractivity contribution in [2.24, 2.45) is 10.9 Å². The van der Waals surface area contributed by atoms with Crippen molar-refractivity contribution in [3.05, 3.63) is 29.3 Å². The number of aliphatic imine (C=N–C) groups is 1. The molecular formula is C22H37N3O3. The van der Waals surface area contributed by atoms with E-state index >= 15 is 0 Å². The molecule has 1 saturated heterocycles. The largest absolute Gasteiger partial charge is 0.493 e. The van der Waals surface area contributed by atoms with Crippen molar-refractivity contribution in [2.45, 2.75) is 53.2 Å². The van der Waals surface area contributed by atoms with Crippen LogP contribution in [0.1, 0.15) is 44.7 Å². The SMILES string of the molecule is CCNC(=NCc1ccc(C)cc1OCC1CCOC1)NCCCOC(C)C. The highest BCUT2D eigenvalue weighted by Crippen LogP contribution is 2.23. The summed E-state index contributed by atoms with van der Waals surface area (Å²) >= 11 is 0. The van der Waals surface area contributed by atoms with Gasteiger partial charge in [-0.05, 0) is 52.2 Å². The van der Waals surface area contributed by atoms with E-state index in [1.807, 2.05) is 0 Å². The standard InChI is InChI=1S/C22H37N3O3/c1-5-23-22(24-10-6-11-27-17(2)3)25-14-20-8-7-18(4)13-21(20)28-16-19-9-12-26-15-19/h7-8,13,17,19H,5-6,9-12,14-16H2,1-4H3,(H2,23,24,25). The molecule has 1 aromatic rings. The van der Waals surface area contributed by atoms with E-state index in [0.717, 1.165) is 63.0 Å². The molecule has 0 aromatic heterocycles. The Bertz CT molecular complexity index is 599. The number of ether oxygens (including phenoxy) is 3. The monoisotopic (exact) mass is 391 g/mol. The van der Waals surface area contributed by atoms with Crippen molar-refractivity contribution in [1.29, 1.82) is 0 Å². The van der Waals surface area contributed by atoms with Crippen LogP contribution in [0.3, 0.4) is 0 Å². The molecule has 1 fully saturated rings. The number of hydrogen-bond donors (Lipinski definition) is 2. The summed E-state index contributed by atoms with van der Waals surface area (Å²) in [7, 11) is 0. The normalized spacial score (nSPS) is 17.2. The van der Waals surface area contributed by atoms with Gasteiger partial charge in [0, 0.05) is 37.8 Å². The van der Waals surface area contributed by atoms with Crippen LogP contribution in [0.25, 0.3) is 0 Å². The van der Waals surface area contributed by atoms with Gasteiger partial charge in [-0.15, -0.1) is 0 Å². The summed E-state index contributed by atoms with van der Waals surface area (Å²) in [5.41, 5.74) is 2.30. The maximum atomic E-state index is 6.12. The van der Waals surface area contributed by atoms with Gasteiger partial charge in [-0.2, -0.15) is 0 Å². The predicted molar refractivity (Wildman–Crippen MR) is 114 cm³/mol. The summed E-state index contributed by atoms with van der Waals surface area (Å²) in [4.78, 5) is 4.74. The number of benzene rings is 1. The van der Waals surface area contributed by atoms with E-state index in [1.165, 1.54) is 5.56 Å². The molecule has 1 aliphatic heterocycles. The minimum absolute atomic E-state index is 0.276. The number of nitrogens with one attached hydrogen (secondary N) is 2. The highest BCUT2D eigenvalue weighted by Gasteiger charge is 2.17. The lowest BCUT2D eigenvalue weighted by Crippen LogP contribution is -2.38. The third-order valence-electron chi connectivity index (χ3n) is 4.54. The molecule has 1 aliphatic rings. The van der Waals surface area contributed by atoms with Gasteiger partial charge in [0.2, 0.25) is 0 Å². The number of rotatable bonds is 11. The van der Waals surface area contributed by atoms with E-state index in [2.05, 4.69) is 56.5 Å². The summed E-state index contributed by atoms with van der Waals surface area (Å²) < 4.78 is 17.2. The third kappa shape index (κ3) is 8.48. The fourth-order valence-corrected chi connectivity index (χ4v) is 2.95. The van der Waals surface area contributed by atoms with Crippen LogP contribution in [0.15, 0.2) is 23.2 Å². The summed E-state index contributed by atoms with van der Waals surface area (Å²) in [5.74, 6) is 2.24. The number of hydrogen-bond acceptors (Lipinski definition) is 4. The second-order valence-corrected chi connectivity index (χ2v) is 7.55. The Hall–Kier alpha value is -1.79. The van der Waals surface area contributed by atoms with Gasteiger partial charge < -0.3 is 24.8 Å². The molecule has 6 heteroatoms.